The van der Waals surface area contributed by atoms with Gasteiger partial charge in [-0.2, -0.15) is 0 Å². The molecule has 0 amide bonds. The Balaban J connectivity index is 2.07. The Morgan fingerprint density at radius 2 is 2.24 bits per heavy atom. The van der Waals surface area contributed by atoms with Gasteiger partial charge in [0.1, 0.15) is 5.75 Å². The third-order valence-electron chi connectivity index (χ3n) is 3.03. The van der Waals surface area contributed by atoms with Crippen molar-refractivity contribution < 1.29 is 14.8 Å². The van der Waals surface area contributed by atoms with Crippen LogP contribution in [0.4, 0.5) is 5.69 Å². The molecule has 1 N–H and O–H groups in total. The van der Waals surface area contributed by atoms with E-state index in [2.05, 4.69) is 4.98 Å². The number of nitro benzene ring substituents is 1. The molecule has 0 saturated carbocycles. The van der Waals surface area contributed by atoms with Gasteiger partial charge < -0.3 is 9.84 Å². The van der Waals surface area contributed by atoms with Crippen molar-refractivity contribution in [2.45, 2.75) is 19.4 Å². The number of nitro groups is 1. The summed E-state index contributed by atoms with van der Waals surface area (Å²) in [5.74, 6) is 0.458. The first-order valence-electron chi connectivity index (χ1n) is 6.56. The molecule has 21 heavy (non-hydrogen) atoms. The summed E-state index contributed by atoms with van der Waals surface area (Å²) in [5, 5.41) is 20.5. The Bertz CT molecular complexity index is 614. The predicted molar refractivity (Wildman–Crippen MR) is 77.2 cm³/mol. The molecule has 1 unspecified atom stereocenters. The predicted octanol–water partition coefficient (Wildman–Crippen LogP) is 2.66. The van der Waals surface area contributed by atoms with Crippen LogP contribution in [-0.4, -0.2) is 21.6 Å². The Morgan fingerprint density at radius 1 is 1.43 bits per heavy atom. The second kappa shape index (κ2) is 6.81. The Labute approximate surface area is 122 Å². The van der Waals surface area contributed by atoms with E-state index in [1.807, 2.05) is 12.1 Å². The maximum absolute atomic E-state index is 10.8. The first-order chi connectivity index (χ1) is 10.1. The van der Waals surface area contributed by atoms with Crippen molar-refractivity contribution in [2.75, 3.05) is 6.61 Å². The molecule has 0 bridgehead atoms. The monoisotopic (exact) mass is 288 g/mol. The highest BCUT2D eigenvalue weighted by molar-refractivity contribution is 5.44. The molecule has 1 aromatic heterocycles. The van der Waals surface area contributed by atoms with Crippen LogP contribution < -0.4 is 4.74 Å². The number of aliphatic hydroxyl groups is 1. The third kappa shape index (κ3) is 4.00. The van der Waals surface area contributed by atoms with Gasteiger partial charge in [-0.05, 0) is 24.6 Å². The van der Waals surface area contributed by atoms with Crippen LogP contribution >= 0.6 is 0 Å². The van der Waals surface area contributed by atoms with Gasteiger partial charge in [0.15, 0.2) is 0 Å². The zero-order valence-electron chi connectivity index (χ0n) is 11.6. The smallest absolute Gasteiger partial charge is 0.270 e. The van der Waals surface area contributed by atoms with Crippen LogP contribution in [0.3, 0.4) is 0 Å². The molecule has 6 heteroatoms. The van der Waals surface area contributed by atoms with E-state index >= 15 is 0 Å². The average Bonchev–Trinajstić information content (AvgIpc) is 2.48. The highest BCUT2D eigenvalue weighted by atomic mass is 16.6. The molecule has 110 valence electrons. The molecule has 0 aliphatic carbocycles. The summed E-state index contributed by atoms with van der Waals surface area (Å²) in [4.78, 5) is 14.3. The quantitative estimate of drug-likeness (QED) is 0.652. The number of non-ortho nitro benzene ring substituents is 1. The molecular weight excluding hydrogens is 272 g/mol. The summed E-state index contributed by atoms with van der Waals surface area (Å²) in [6, 6.07) is 8.02. The third-order valence-corrected chi connectivity index (χ3v) is 3.03. The van der Waals surface area contributed by atoms with E-state index in [9.17, 15) is 15.2 Å². The second-order valence-corrected chi connectivity index (χ2v) is 4.61. The molecule has 2 aromatic rings. The fourth-order valence-corrected chi connectivity index (χ4v) is 1.93. The topological polar surface area (TPSA) is 85.5 Å². The number of aromatic nitrogens is 1. The highest BCUT2D eigenvalue weighted by Gasteiger charge is 2.15. The molecule has 6 nitrogen and oxygen atoms in total. The molecule has 1 aromatic carbocycles. The summed E-state index contributed by atoms with van der Waals surface area (Å²) in [7, 11) is 0. The highest BCUT2D eigenvalue weighted by Crippen LogP contribution is 2.29. The van der Waals surface area contributed by atoms with Gasteiger partial charge in [0.2, 0.25) is 0 Å². The van der Waals surface area contributed by atoms with Crippen LogP contribution in [0.1, 0.15) is 24.2 Å². The van der Waals surface area contributed by atoms with E-state index in [0.29, 0.717) is 24.3 Å². The summed E-state index contributed by atoms with van der Waals surface area (Å²) >= 11 is 0. The van der Waals surface area contributed by atoms with Crippen molar-refractivity contribution in [3.63, 3.8) is 0 Å². The lowest BCUT2D eigenvalue weighted by Crippen LogP contribution is -2.05. The van der Waals surface area contributed by atoms with Gasteiger partial charge in [0, 0.05) is 36.5 Å². The number of ether oxygens (including phenoxy) is 1. The number of pyridine rings is 1. The van der Waals surface area contributed by atoms with Crippen LogP contribution in [0, 0.1) is 10.1 Å². The Morgan fingerprint density at radius 3 is 2.86 bits per heavy atom. The first kappa shape index (κ1) is 14.9. The van der Waals surface area contributed by atoms with Gasteiger partial charge in [-0.1, -0.05) is 6.07 Å². The number of benzene rings is 1. The summed E-state index contributed by atoms with van der Waals surface area (Å²) < 4.78 is 5.63. The van der Waals surface area contributed by atoms with Crippen molar-refractivity contribution >= 4 is 5.69 Å². The fourth-order valence-electron chi connectivity index (χ4n) is 1.93. The van der Waals surface area contributed by atoms with E-state index in [-0.39, 0.29) is 5.69 Å². The molecule has 2 rings (SSSR count). The van der Waals surface area contributed by atoms with Gasteiger partial charge in [0.05, 0.1) is 17.6 Å². The van der Waals surface area contributed by atoms with Gasteiger partial charge in [-0.3, -0.25) is 15.1 Å². The van der Waals surface area contributed by atoms with E-state index in [1.165, 1.54) is 18.2 Å². The van der Waals surface area contributed by atoms with Crippen molar-refractivity contribution in [1.82, 2.24) is 4.98 Å². The average molecular weight is 288 g/mol. The van der Waals surface area contributed by atoms with Crippen LogP contribution in [0.15, 0.2) is 42.7 Å². The summed E-state index contributed by atoms with van der Waals surface area (Å²) in [6.45, 7) is 1.95. The Hall–Kier alpha value is -2.47. The number of aliphatic hydroxyl groups excluding tert-OH is 1. The van der Waals surface area contributed by atoms with Crippen molar-refractivity contribution in [3.8, 4) is 5.75 Å². The molecule has 0 spiro atoms. The SMILES string of the molecule is CC(O)c1cc([N+](=O)[O-])ccc1OCCc1cccnc1. The molecule has 0 saturated heterocycles. The van der Waals surface area contributed by atoms with Gasteiger partial charge >= 0.3 is 0 Å². The minimum absolute atomic E-state index is 0.0643. The van der Waals surface area contributed by atoms with Crippen LogP contribution in [-0.2, 0) is 6.42 Å². The first-order valence-corrected chi connectivity index (χ1v) is 6.56. The Kier molecular flexibility index (Phi) is 4.84. The minimum Gasteiger partial charge on any atom is -0.493 e. The molecule has 0 aliphatic rings. The maximum Gasteiger partial charge on any atom is 0.270 e. The summed E-state index contributed by atoms with van der Waals surface area (Å²) in [6.07, 6.45) is 3.30. The number of hydrogen-bond donors (Lipinski definition) is 1. The van der Waals surface area contributed by atoms with Crippen LogP contribution in [0.2, 0.25) is 0 Å². The van der Waals surface area contributed by atoms with Gasteiger partial charge in [-0.15, -0.1) is 0 Å². The van der Waals surface area contributed by atoms with Gasteiger partial charge in [-0.25, -0.2) is 0 Å². The van der Waals surface area contributed by atoms with E-state index < -0.39 is 11.0 Å². The largest absolute Gasteiger partial charge is 0.493 e. The fraction of sp³-hybridized carbons (Fsp3) is 0.267. The van der Waals surface area contributed by atoms with Gasteiger partial charge in [0.25, 0.3) is 5.69 Å². The van der Waals surface area contributed by atoms with E-state index in [0.717, 1.165) is 5.56 Å². The standard InChI is InChI=1S/C15H16N2O4/c1-11(18)14-9-13(17(19)20)4-5-15(14)21-8-6-12-3-2-7-16-10-12/h2-5,7,9-11,18H,6,8H2,1H3. The lowest BCUT2D eigenvalue weighted by atomic mass is 10.1. The molecule has 0 fully saturated rings. The summed E-state index contributed by atoms with van der Waals surface area (Å²) in [5.41, 5.74) is 1.39. The van der Waals surface area contributed by atoms with Crippen molar-refractivity contribution in [1.29, 1.82) is 0 Å². The molecular formula is C15H16N2O4. The molecule has 1 atom stereocenters. The maximum atomic E-state index is 10.8. The van der Waals surface area contributed by atoms with Crippen molar-refractivity contribution in [2.24, 2.45) is 0 Å². The van der Waals surface area contributed by atoms with Crippen molar-refractivity contribution in [3.05, 3.63) is 64.0 Å². The molecule has 0 aliphatic heterocycles. The molecule has 1 heterocycles. The number of nitrogens with zero attached hydrogens (tertiary/aromatic N) is 2. The normalized spacial score (nSPS) is 11.9. The second-order valence-electron chi connectivity index (χ2n) is 4.61. The zero-order chi connectivity index (χ0) is 15.2. The van der Waals surface area contributed by atoms with E-state index in [1.54, 1.807) is 19.3 Å². The lowest BCUT2D eigenvalue weighted by Gasteiger charge is -2.13. The van der Waals surface area contributed by atoms with E-state index in [4.69, 9.17) is 4.74 Å². The van der Waals surface area contributed by atoms with Crippen LogP contribution in [0.5, 0.6) is 5.75 Å². The van der Waals surface area contributed by atoms with Crippen LogP contribution in [0.25, 0.3) is 0 Å². The lowest BCUT2D eigenvalue weighted by molar-refractivity contribution is -0.385. The minimum atomic E-state index is -0.835. The number of rotatable bonds is 6. The zero-order valence-corrected chi connectivity index (χ0v) is 11.6. The molecule has 0 radical (unpaired) electrons. The number of hydrogen-bond acceptors (Lipinski definition) is 5.